The Labute approximate surface area is 165 Å². The quantitative estimate of drug-likeness (QED) is 0.520. The summed E-state index contributed by atoms with van der Waals surface area (Å²) in [4.78, 5) is 0. The molecule has 0 aromatic heterocycles. The summed E-state index contributed by atoms with van der Waals surface area (Å²) in [7, 11) is 0. The molecular formula is C25H49N. The lowest BCUT2D eigenvalue weighted by atomic mass is 9.95. The fourth-order valence-electron chi connectivity index (χ4n) is 5.17. The average Bonchev–Trinajstić information content (AvgIpc) is 2.66. The van der Waals surface area contributed by atoms with Crippen LogP contribution in [0.15, 0.2) is 0 Å². The summed E-state index contributed by atoms with van der Waals surface area (Å²) in [5, 5.41) is 4.18. The molecule has 0 unspecified atom stereocenters. The number of rotatable bonds is 2. The van der Waals surface area contributed by atoms with Crippen LogP contribution in [-0.2, 0) is 0 Å². The third-order valence-electron chi connectivity index (χ3n) is 6.93. The average molecular weight is 364 g/mol. The summed E-state index contributed by atoms with van der Waals surface area (Å²) >= 11 is 0. The van der Waals surface area contributed by atoms with Gasteiger partial charge in [0, 0.05) is 12.1 Å². The summed E-state index contributed by atoms with van der Waals surface area (Å²) in [5.74, 6) is 0. The van der Waals surface area contributed by atoms with Crippen LogP contribution in [0.4, 0.5) is 0 Å². The van der Waals surface area contributed by atoms with Crippen LogP contribution in [0.25, 0.3) is 0 Å². The Kier molecular flexibility index (Phi) is 13.7. The van der Waals surface area contributed by atoms with E-state index in [1.165, 1.54) is 148 Å². The lowest BCUT2D eigenvalue weighted by molar-refractivity contribution is 0.328. The molecule has 1 N–H and O–H groups in total. The van der Waals surface area contributed by atoms with Crippen molar-refractivity contribution in [1.82, 2.24) is 5.32 Å². The summed E-state index contributed by atoms with van der Waals surface area (Å²) in [6.07, 6.45) is 33.9. The van der Waals surface area contributed by atoms with Crippen molar-refractivity contribution in [3.63, 3.8) is 0 Å². The van der Waals surface area contributed by atoms with Gasteiger partial charge in [0.05, 0.1) is 0 Å². The van der Waals surface area contributed by atoms with Crippen molar-refractivity contribution in [2.24, 2.45) is 0 Å². The van der Waals surface area contributed by atoms with E-state index in [9.17, 15) is 0 Å². The van der Waals surface area contributed by atoms with Gasteiger partial charge >= 0.3 is 0 Å². The van der Waals surface area contributed by atoms with Crippen LogP contribution >= 0.6 is 0 Å². The van der Waals surface area contributed by atoms with E-state index in [0.29, 0.717) is 0 Å². The van der Waals surface area contributed by atoms with Gasteiger partial charge in [0.15, 0.2) is 0 Å². The lowest BCUT2D eigenvalue weighted by Gasteiger charge is -2.27. The molecule has 2 aliphatic carbocycles. The third-order valence-corrected chi connectivity index (χ3v) is 6.93. The van der Waals surface area contributed by atoms with E-state index in [0.717, 1.165) is 12.1 Å². The molecule has 154 valence electrons. The largest absolute Gasteiger partial charge is 0.311 e. The molecule has 1 nitrogen and oxygen atoms in total. The molecule has 1 heteroatoms. The van der Waals surface area contributed by atoms with Gasteiger partial charge in [-0.15, -0.1) is 0 Å². The molecule has 0 saturated heterocycles. The highest BCUT2D eigenvalue weighted by Crippen LogP contribution is 2.21. The van der Waals surface area contributed by atoms with Gasteiger partial charge in [-0.05, 0) is 25.7 Å². The minimum atomic E-state index is 0.814. The predicted octanol–water partition coefficient (Wildman–Crippen LogP) is 8.31. The predicted molar refractivity (Wildman–Crippen MR) is 117 cm³/mol. The molecule has 2 rings (SSSR count). The standard InChI is InChI=1S/C25H49N/c1-2-5-9-13-17-21-24(20-16-12-8-4-1)26-25-22-18-14-10-6-3-7-11-15-19-23-25/h24-26H,1-23H2. The first kappa shape index (κ1) is 22.3. The summed E-state index contributed by atoms with van der Waals surface area (Å²) in [6, 6.07) is 1.63. The first-order valence-corrected chi connectivity index (χ1v) is 12.7. The van der Waals surface area contributed by atoms with Crippen LogP contribution in [-0.4, -0.2) is 12.1 Å². The Morgan fingerprint density at radius 3 is 0.692 bits per heavy atom. The second-order valence-corrected chi connectivity index (χ2v) is 9.43. The second-order valence-electron chi connectivity index (χ2n) is 9.43. The van der Waals surface area contributed by atoms with Gasteiger partial charge in [0.25, 0.3) is 0 Å². The van der Waals surface area contributed by atoms with Crippen molar-refractivity contribution in [1.29, 1.82) is 0 Å². The van der Waals surface area contributed by atoms with Crippen molar-refractivity contribution >= 4 is 0 Å². The molecule has 0 aliphatic heterocycles. The van der Waals surface area contributed by atoms with E-state index in [1.54, 1.807) is 0 Å². The minimum absolute atomic E-state index is 0.814. The molecule has 0 aromatic carbocycles. The number of hydrogen-bond donors (Lipinski definition) is 1. The molecule has 0 atom stereocenters. The topological polar surface area (TPSA) is 12.0 Å². The molecule has 0 radical (unpaired) electrons. The molecule has 26 heavy (non-hydrogen) atoms. The lowest BCUT2D eigenvalue weighted by Crippen LogP contribution is -2.38. The van der Waals surface area contributed by atoms with Gasteiger partial charge in [-0.2, -0.15) is 0 Å². The van der Waals surface area contributed by atoms with Gasteiger partial charge < -0.3 is 5.32 Å². The fraction of sp³-hybridized carbons (Fsp3) is 1.00. The van der Waals surface area contributed by atoms with Crippen LogP contribution in [0.1, 0.15) is 148 Å². The van der Waals surface area contributed by atoms with Gasteiger partial charge in [-0.3, -0.25) is 0 Å². The first-order chi connectivity index (χ1) is 12.9. The molecule has 0 amide bonds. The SMILES string of the molecule is C1CCCCCCC(NC2CCCCCCCCCCC2)CCCCC1. The molecule has 0 spiro atoms. The molecule has 2 fully saturated rings. The summed E-state index contributed by atoms with van der Waals surface area (Å²) < 4.78 is 0. The van der Waals surface area contributed by atoms with E-state index in [1.807, 2.05) is 0 Å². The van der Waals surface area contributed by atoms with E-state index in [2.05, 4.69) is 5.32 Å². The third kappa shape index (κ3) is 11.6. The molecule has 0 bridgehead atoms. The van der Waals surface area contributed by atoms with Crippen LogP contribution in [0.5, 0.6) is 0 Å². The zero-order valence-electron chi connectivity index (χ0n) is 17.9. The Balaban J connectivity index is 1.76. The minimum Gasteiger partial charge on any atom is -0.311 e. The van der Waals surface area contributed by atoms with Crippen LogP contribution in [0.3, 0.4) is 0 Å². The second kappa shape index (κ2) is 16.0. The molecule has 2 saturated carbocycles. The monoisotopic (exact) mass is 363 g/mol. The first-order valence-electron chi connectivity index (χ1n) is 12.7. The normalized spacial score (nSPS) is 25.8. The van der Waals surface area contributed by atoms with E-state index in [4.69, 9.17) is 0 Å². The maximum Gasteiger partial charge on any atom is 0.00696 e. The maximum atomic E-state index is 4.18. The van der Waals surface area contributed by atoms with Crippen LogP contribution in [0.2, 0.25) is 0 Å². The van der Waals surface area contributed by atoms with Crippen molar-refractivity contribution in [2.75, 3.05) is 0 Å². The summed E-state index contributed by atoms with van der Waals surface area (Å²) in [5.41, 5.74) is 0. The van der Waals surface area contributed by atoms with Crippen molar-refractivity contribution in [2.45, 2.75) is 160 Å². The van der Waals surface area contributed by atoms with Gasteiger partial charge in [-0.25, -0.2) is 0 Å². The van der Waals surface area contributed by atoms with E-state index < -0.39 is 0 Å². The highest BCUT2D eigenvalue weighted by molar-refractivity contribution is 4.76. The number of hydrogen-bond acceptors (Lipinski definition) is 1. The highest BCUT2D eigenvalue weighted by atomic mass is 14.9. The Morgan fingerprint density at radius 2 is 0.462 bits per heavy atom. The van der Waals surface area contributed by atoms with Crippen LogP contribution in [0, 0.1) is 0 Å². The maximum absolute atomic E-state index is 4.18. The number of nitrogens with one attached hydrogen (secondary N) is 1. The molecule has 2 aliphatic rings. The molecule has 0 aromatic rings. The van der Waals surface area contributed by atoms with E-state index in [-0.39, 0.29) is 0 Å². The van der Waals surface area contributed by atoms with Gasteiger partial charge in [-0.1, -0.05) is 122 Å². The fourth-order valence-corrected chi connectivity index (χ4v) is 5.17. The highest BCUT2D eigenvalue weighted by Gasteiger charge is 2.15. The Bertz CT molecular complexity index is 275. The van der Waals surface area contributed by atoms with Crippen molar-refractivity contribution in [3.8, 4) is 0 Å². The Hall–Kier alpha value is -0.0400. The zero-order chi connectivity index (χ0) is 18.1. The van der Waals surface area contributed by atoms with Gasteiger partial charge in [0.1, 0.15) is 0 Å². The Morgan fingerprint density at radius 1 is 0.269 bits per heavy atom. The molecule has 0 heterocycles. The van der Waals surface area contributed by atoms with Gasteiger partial charge in [0.2, 0.25) is 0 Å². The molecular weight excluding hydrogens is 314 g/mol. The zero-order valence-corrected chi connectivity index (χ0v) is 17.9. The van der Waals surface area contributed by atoms with Crippen molar-refractivity contribution < 1.29 is 0 Å². The smallest absolute Gasteiger partial charge is 0.00696 e. The summed E-state index contributed by atoms with van der Waals surface area (Å²) in [6.45, 7) is 0. The van der Waals surface area contributed by atoms with E-state index >= 15 is 0 Å². The van der Waals surface area contributed by atoms with Crippen LogP contribution < -0.4 is 5.32 Å². The van der Waals surface area contributed by atoms with Crippen molar-refractivity contribution in [3.05, 3.63) is 0 Å².